The van der Waals surface area contributed by atoms with Crippen LogP contribution in [0.15, 0.2) is 24.4 Å². The Labute approximate surface area is 115 Å². The molecule has 1 N–H and O–H groups in total. The molecule has 0 aliphatic heterocycles. The van der Waals surface area contributed by atoms with Gasteiger partial charge in [0.05, 0.1) is 11.7 Å². The Bertz CT molecular complexity index is 572. The topological polar surface area (TPSA) is 29.9 Å². The van der Waals surface area contributed by atoms with Crippen molar-refractivity contribution in [3.8, 4) is 0 Å². The first-order chi connectivity index (χ1) is 9.58. The van der Waals surface area contributed by atoms with Gasteiger partial charge in [-0.15, -0.1) is 0 Å². The molecule has 0 saturated heterocycles. The largest absolute Gasteiger partial charge is 0.305 e. The molecule has 0 saturated carbocycles. The molecule has 1 unspecified atom stereocenters. The van der Waals surface area contributed by atoms with Crippen LogP contribution in [-0.2, 0) is 6.54 Å². The van der Waals surface area contributed by atoms with Crippen LogP contribution in [-0.4, -0.2) is 16.3 Å². The molecule has 1 heterocycles. The van der Waals surface area contributed by atoms with E-state index in [0.717, 1.165) is 17.8 Å². The number of nitrogens with one attached hydrogen (secondary N) is 1. The lowest BCUT2D eigenvalue weighted by molar-refractivity contribution is 0.441. The highest BCUT2D eigenvalue weighted by molar-refractivity contribution is 5.29. The quantitative estimate of drug-likeness (QED) is 0.855. The predicted octanol–water partition coefficient (Wildman–Crippen LogP) is 3.02. The zero-order valence-corrected chi connectivity index (χ0v) is 11.3. The van der Waals surface area contributed by atoms with Crippen molar-refractivity contribution in [2.75, 3.05) is 6.54 Å². The van der Waals surface area contributed by atoms with Gasteiger partial charge in [-0.1, -0.05) is 6.92 Å². The minimum atomic E-state index is -1.45. The summed E-state index contributed by atoms with van der Waals surface area (Å²) in [5, 5.41) is 7.27. The summed E-state index contributed by atoms with van der Waals surface area (Å²) in [6.07, 6.45) is 1.62. The third kappa shape index (κ3) is 2.70. The maximum atomic E-state index is 13.4. The van der Waals surface area contributed by atoms with Gasteiger partial charge in [0.2, 0.25) is 0 Å². The first-order valence-electron chi connectivity index (χ1n) is 6.48. The normalized spacial score (nSPS) is 12.7. The van der Waals surface area contributed by atoms with Gasteiger partial charge in [0, 0.05) is 12.7 Å². The molecule has 1 aromatic heterocycles. The van der Waals surface area contributed by atoms with Crippen LogP contribution in [0, 0.1) is 17.5 Å². The molecule has 2 rings (SSSR count). The van der Waals surface area contributed by atoms with Gasteiger partial charge >= 0.3 is 0 Å². The van der Waals surface area contributed by atoms with Gasteiger partial charge in [0.25, 0.3) is 0 Å². The van der Waals surface area contributed by atoms with E-state index >= 15 is 0 Å². The van der Waals surface area contributed by atoms with Crippen LogP contribution in [0.5, 0.6) is 0 Å². The molecule has 0 aliphatic carbocycles. The molecular weight excluding hydrogens is 267 g/mol. The van der Waals surface area contributed by atoms with Gasteiger partial charge in [-0.3, -0.25) is 4.68 Å². The van der Waals surface area contributed by atoms with Crippen LogP contribution in [0.25, 0.3) is 0 Å². The highest BCUT2D eigenvalue weighted by atomic mass is 19.2. The first kappa shape index (κ1) is 14.6. The van der Waals surface area contributed by atoms with E-state index < -0.39 is 23.5 Å². The molecule has 6 heteroatoms. The molecule has 1 aromatic carbocycles. The summed E-state index contributed by atoms with van der Waals surface area (Å²) in [5.74, 6) is -3.83. The molecule has 0 spiro atoms. The van der Waals surface area contributed by atoms with E-state index in [4.69, 9.17) is 0 Å². The van der Waals surface area contributed by atoms with Crippen LogP contribution in [0.3, 0.4) is 0 Å². The summed E-state index contributed by atoms with van der Waals surface area (Å²) in [6.45, 7) is 5.04. The molecule has 0 radical (unpaired) electrons. The summed E-state index contributed by atoms with van der Waals surface area (Å²) < 4.78 is 41.6. The van der Waals surface area contributed by atoms with Crippen molar-refractivity contribution in [3.63, 3.8) is 0 Å². The fraction of sp³-hybridized carbons (Fsp3) is 0.357. The number of halogens is 3. The Morgan fingerprint density at radius 2 is 1.85 bits per heavy atom. The standard InChI is InChI=1S/C14H16F3N3/c1-3-18-14(12-5-6-19-20(12)4-2)9-7-10(15)13(17)11(16)8-9/h5-8,14,18H,3-4H2,1-2H3. The smallest absolute Gasteiger partial charge is 0.194 e. The highest BCUT2D eigenvalue weighted by Crippen LogP contribution is 2.25. The summed E-state index contributed by atoms with van der Waals surface area (Å²) in [4.78, 5) is 0. The minimum absolute atomic E-state index is 0.332. The molecule has 0 fully saturated rings. The van der Waals surface area contributed by atoms with Gasteiger partial charge < -0.3 is 5.32 Å². The molecule has 2 aromatic rings. The van der Waals surface area contributed by atoms with E-state index in [1.807, 2.05) is 13.8 Å². The van der Waals surface area contributed by atoms with Gasteiger partial charge in [-0.2, -0.15) is 5.10 Å². The molecule has 0 bridgehead atoms. The van der Waals surface area contributed by atoms with Gasteiger partial charge in [-0.05, 0) is 37.2 Å². The summed E-state index contributed by atoms with van der Waals surface area (Å²) in [6, 6.07) is 3.36. The SMILES string of the molecule is CCNC(c1cc(F)c(F)c(F)c1)c1ccnn1CC. The average Bonchev–Trinajstić information content (AvgIpc) is 2.89. The fourth-order valence-corrected chi connectivity index (χ4v) is 2.19. The number of aryl methyl sites for hydroxylation is 1. The van der Waals surface area contributed by atoms with Crippen molar-refractivity contribution in [1.82, 2.24) is 15.1 Å². The van der Waals surface area contributed by atoms with Crippen LogP contribution >= 0.6 is 0 Å². The third-order valence-corrected chi connectivity index (χ3v) is 3.09. The Balaban J connectivity index is 2.48. The summed E-state index contributed by atoms with van der Waals surface area (Å²) >= 11 is 0. The number of nitrogens with zero attached hydrogens (tertiary/aromatic N) is 2. The number of aromatic nitrogens is 2. The molecular formula is C14H16F3N3. The minimum Gasteiger partial charge on any atom is -0.305 e. The van der Waals surface area contributed by atoms with Crippen molar-refractivity contribution in [3.05, 3.63) is 53.1 Å². The lowest BCUT2D eigenvalue weighted by Gasteiger charge is -2.20. The second-order valence-corrected chi connectivity index (χ2v) is 4.36. The number of hydrogen-bond acceptors (Lipinski definition) is 2. The molecule has 1 atom stereocenters. The van der Waals surface area contributed by atoms with E-state index in [2.05, 4.69) is 10.4 Å². The third-order valence-electron chi connectivity index (χ3n) is 3.09. The molecule has 3 nitrogen and oxygen atoms in total. The van der Waals surface area contributed by atoms with E-state index in [9.17, 15) is 13.2 Å². The van der Waals surface area contributed by atoms with E-state index in [0.29, 0.717) is 18.7 Å². The van der Waals surface area contributed by atoms with Gasteiger partial charge in [0.1, 0.15) is 0 Å². The average molecular weight is 283 g/mol. The van der Waals surface area contributed by atoms with Crippen LogP contribution in [0.2, 0.25) is 0 Å². The van der Waals surface area contributed by atoms with Crippen molar-refractivity contribution < 1.29 is 13.2 Å². The Morgan fingerprint density at radius 1 is 1.20 bits per heavy atom. The van der Waals surface area contributed by atoms with E-state index in [1.165, 1.54) is 0 Å². The molecule has 0 aliphatic rings. The molecule has 108 valence electrons. The van der Waals surface area contributed by atoms with Crippen molar-refractivity contribution >= 4 is 0 Å². The van der Waals surface area contributed by atoms with Crippen LogP contribution in [0.4, 0.5) is 13.2 Å². The zero-order chi connectivity index (χ0) is 14.7. The van der Waals surface area contributed by atoms with Gasteiger partial charge in [0.15, 0.2) is 17.5 Å². The molecule has 0 amide bonds. The Morgan fingerprint density at radius 3 is 2.40 bits per heavy atom. The Hall–Kier alpha value is -1.82. The second-order valence-electron chi connectivity index (χ2n) is 4.36. The first-order valence-corrected chi connectivity index (χ1v) is 6.48. The lowest BCUT2D eigenvalue weighted by atomic mass is 10.0. The van der Waals surface area contributed by atoms with Crippen molar-refractivity contribution in [2.24, 2.45) is 0 Å². The van der Waals surface area contributed by atoms with Gasteiger partial charge in [-0.25, -0.2) is 13.2 Å². The monoisotopic (exact) mass is 283 g/mol. The zero-order valence-electron chi connectivity index (χ0n) is 11.3. The van der Waals surface area contributed by atoms with Crippen molar-refractivity contribution in [1.29, 1.82) is 0 Å². The fourth-order valence-electron chi connectivity index (χ4n) is 2.19. The van der Waals surface area contributed by atoms with E-state index in [1.54, 1.807) is 16.9 Å². The summed E-state index contributed by atoms with van der Waals surface area (Å²) in [5.41, 5.74) is 1.11. The van der Waals surface area contributed by atoms with Crippen LogP contribution < -0.4 is 5.32 Å². The summed E-state index contributed by atoms with van der Waals surface area (Å²) in [7, 11) is 0. The van der Waals surface area contributed by atoms with Crippen molar-refractivity contribution in [2.45, 2.75) is 26.4 Å². The maximum Gasteiger partial charge on any atom is 0.194 e. The Kier molecular flexibility index (Phi) is 4.44. The van der Waals surface area contributed by atoms with E-state index in [-0.39, 0.29) is 0 Å². The van der Waals surface area contributed by atoms with Crippen LogP contribution in [0.1, 0.15) is 31.1 Å². The maximum absolute atomic E-state index is 13.4. The number of rotatable bonds is 5. The number of benzene rings is 1. The molecule has 20 heavy (non-hydrogen) atoms. The second kappa shape index (κ2) is 6.09. The highest BCUT2D eigenvalue weighted by Gasteiger charge is 2.20. The number of hydrogen-bond donors (Lipinski definition) is 1. The lowest BCUT2D eigenvalue weighted by Crippen LogP contribution is -2.25. The predicted molar refractivity (Wildman–Crippen MR) is 69.7 cm³/mol.